The van der Waals surface area contributed by atoms with Crippen LogP contribution in [0.2, 0.25) is 0 Å². The van der Waals surface area contributed by atoms with Crippen LogP contribution < -0.4 is 21.2 Å². The molecule has 49 heavy (non-hydrogen) atoms. The molecule has 18 nitrogen and oxygen atoms in total. The molecule has 0 aliphatic carbocycles. The average Bonchev–Trinajstić information content (AvgIpc) is 3.27. The third kappa shape index (κ3) is 9.18. The maximum absolute atomic E-state index is 16.0. The Balaban J connectivity index is 1.81. The van der Waals surface area contributed by atoms with Gasteiger partial charge >= 0.3 is 31.9 Å². The number of hydrogen-bond acceptors (Lipinski definition) is 14. The van der Waals surface area contributed by atoms with Crippen LogP contribution >= 0.6 is 8.18 Å². The molecule has 0 spiro atoms. The minimum atomic E-state index is -3.01. The van der Waals surface area contributed by atoms with E-state index in [2.05, 4.69) is 10.1 Å². The number of phenols is 1. The maximum atomic E-state index is 16.0. The third-order valence-electron chi connectivity index (χ3n) is 7.21. The molecule has 1 aromatic heterocycles. The van der Waals surface area contributed by atoms with Crippen LogP contribution in [0.15, 0.2) is 46.1 Å². The molecule has 1 aliphatic rings. The lowest BCUT2D eigenvalue weighted by atomic mass is 9.98. The molecule has 2 aromatic rings. The summed E-state index contributed by atoms with van der Waals surface area (Å²) in [6.07, 6.45) is -5.94. The highest BCUT2D eigenvalue weighted by Gasteiger charge is 2.56. The second-order valence-corrected chi connectivity index (χ2v) is 12.3. The van der Waals surface area contributed by atoms with Crippen molar-refractivity contribution >= 4 is 31.9 Å². The van der Waals surface area contributed by atoms with Crippen molar-refractivity contribution in [2.75, 3.05) is 32.1 Å². The molecule has 3 N–H and O–H groups in total. The zero-order valence-electron chi connectivity index (χ0n) is 27.5. The summed E-state index contributed by atoms with van der Waals surface area (Å²) in [5.74, 6) is -2.21. The number of amides is 1. The summed E-state index contributed by atoms with van der Waals surface area (Å²) >= 11 is 0. The topological polar surface area (TPSA) is 223 Å². The van der Waals surface area contributed by atoms with Gasteiger partial charge in [0.25, 0.3) is 5.56 Å². The number of para-hydroxylation sites is 2. The Kier molecular flexibility index (Phi) is 13.4. The number of phenolic OH excluding ortho intramolecular Hbond substituents is 1. The number of alkyl carbamates (subject to hydrolysis) is 1. The van der Waals surface area contributed by atoms with Crippen LogP contribution in [0.25, 0.3) is 0 Å². The molecule has 2 heterocycles. The molecule has 0 radical (unpaired) electrons. The maximum Gasteiger partial charge on any atom is 0.646 e. The number of aromatic hydroxyl groups is 1. The quantitative estimate of drug-likeness (QED) is 0.133. The highest BCUT2D eigenvalue weighted by Crippen LogP contribution is 2.44. The zero-order chi connectivity index (χ0) is 36.6. The third-order valence-corrected chi connectivity index (χ3v) is 8.49. The van der Waals surface area contributed by atoms with E-state index in [4.69, 9.17) is 23.5 Å². The van der Waals surface area contributed by atoms with E-state index in [0.717, 1.165) is 31.0 Å². The molecule has 1 aromatic carbocycles. The number of ether oxygens (including phenoxy) is 5. The first-order valence-electron chi connectivity index (χ1n) is 14.8. The predicted molar refractivity (Wildman–Crippen MR) is 167 cm³/mol. The Labute approximate surface area is 280 Å². The number of benzene rings is 1. The molecule has 0 bridgehead atoms. The summed E-state index contributed by atoms with van der Waals surface area (Å²) in [6, 6.07) is 3.97. The van der Waals surface area contributed by atoms with Gasteiger partial charge in [0.1, 0.15) is 30.3 Å². The molecule has 0 saturated carbocycles. The molecular formula is C29H39FN4O14P+. The SMILES string of the molecule is COCC(NC(=O)OC)C(=O)OCn1c(=O)ccn([C@@H]2O[C@H](CO[P+](=O)N(c3ccccc3O)[C@@H](C)C(=O)OC(C)C)[C@@H](O)[C@@]2(C)F)c1=O. The summed E-state index contributed by atoms with van der Waals surface area (Å²) < 4.78 is 62.2. The van der Waals surface area contributed by atoms with E-state index in [-0.39, 0.29) is 18.0 Å². The van der Waals surface area contributed by atoms with Gasteiger partial charge in [-0.05, 0) is 44.4 Å². The number of aliphatic hydroxyl groups is 1. The number of halogens is 1. The van der Waals surface area contributed by atoms with Gasteiger partial charge in [0, 0.05) is 19.4 Å². The number of aromatic nitrogens is 2. The molecule has 1 aliphatic heterocycles. The first kappa shape index (κ1) is 39.0. The van der Waals surface area contributed by atoms with E-state index in [1.165, 1.54) is 38.3 Å². The van der Waals surface area contributed by atoms with Gasteiger partial charge < -0.3 is 39.2 Å². The summed E-state index contributed by atoms with van der Waals surface area (Å²) in [7, 11) is -0.701. The second kappa shape index (κ2) is 16.8. The highest BCUT2D eigenvalue weighted by atomic mass is 31.1. The van der Waals surface area contributed by atoms with E-state index in [1.807, 2.05) is 0 Å². The van der Waals surface area contributed by atoms with Crippen molar-refractivity contribution in [3.8, 4) is 5.75 Å². The second-order valence-electron chi connectivity index (χ2n) is 11.2. The molecule has 7 atom stereocenters. The van der Waals surface area contributed by atoms with Crippen LogP contribution in [0.4, 0.5) is 14.9 Å². The smallest absolute Gasteiger partial charge is 0.506 e. The number of carbonyl (C=O) groups is 3. The van der Waals surface area contributed by atoms with Crippen molar-refractivity contribution in [2.45, 2.75) is 76.7 Å². The number of aliphatic hydroxyl groups excluding tert-OH is 1. The van der Waals surface area contributed by atoms with Gasteiger partial charge in [-0.1, -0.05) is 12.1 Å². The molecule has 1 fully saturated rings. The van der Waals surface area contributed by atoms with Crippen molar-refractivity contribution in [3.05, 3.63) is 57.4 Å². The predicted octanol–water partition coefficient (Wildman–Crippen LogP) is 1.09. The fourth-order valence-corrected chi connectivity index (χ4v) is 5.79. The molecule has 20 heteroatoms. The summed E-state index contributed by atoms with van der Waals surface area (Å²) in [6.45, 7) is 3.51. The van der Waals surface area contributed by atoms with E-state index in [0.29, 0.717) is 9.13 Å². The van der Waals surface area contributed by atoms with Gasteiger partial charge in [0.2, 0.25) is 0 Å². The van der Waals surface area contributed by atoms with Crippen molar-refractivity contribution < 1.29 is 61.8 Å². The highest BCUT2D eigenvalue weighted by molar-refractivity contribution is 7.41. The number of nitrogens with zero attached hydrogens (tertiary/aromatic N) is 3. The molecule has 270 valence electrons. The Morgan fingerprint density at radius 1 is 1.14 bits per heavy atom. The van der Waals surface area contributed by atoms with E-state index in [9.17, 15) is 38.8 Å². The number of carbonyl (C=O) groups excluding carboxylic acids is 3. The Hall–Kier alpha value is -4.42. The number of rotatable bonds is 15. The van der Waals surface area contributed by atoms with Crippen LogP contribution in [0.3, 0.4) is 0 Å². The van der Waals surface area contributed by atoms with Crippen LogP contribution in [0, 0.1) is 0 Å². The van der Waals surface area contributed by atoms with Crippen LogP contribution in [0.5, 0.6) is 5.75 Å². The van der Waals surface area contributed by atoms with Crippen molar-refractivity contribution in [2.24, 2.45) is 0 Å². The number of nitrogens with one attached hydrogen (secondary N) is 1. The van der Waals surface area contributed by atoms with E-state index >= 15 is 4.39 Å². The summed E-state index contributed by atoms with van der Waals surface area (Å²) in [5.41, 5.74) is -4.87. The summed E-state index contributed by atoms with van der Waals surface area (Å²) in [4.78, 5) is 62.6. The van der Waals surface area contributed by atoms with Crippen LogP contribution in [-0.4, -0.2) is 101 Å². The van der Waals surface area contributed by atoms with Gasteiger partial charge in [-0.15, -0.1) is 9.19 Å². The number of hydrogen-bond donors (Lipinski definition) is 3. The fourth-order valence-electron chi connectivity index (χ4n) is 4.67. The number of alkyl halides is 1. The lowest BCUT2D eigenvalue weighted by Gasteiger charge is -2.25. The van der Waals surface area contributed by atoms with Crippen molar-refractivity contribution in [3.63, 3.8) is 0 Å². The number of esters is 2. The monoisotopic (exact) mass is 717 g/mol. The largest absolute Gasteiger partial charge is 0.646 e. The van der Waals surface area contributed by atoms with Gasteiger partial charge in [-0.25, -0.2) is 28.1 Å². The fraction of sp³-hybridized carbons (Fsp3) is 0.552. The van der Waals surface area contributed by atoms with E-state index in [1.54, 1.807) is 13.8 Å². The Morgan fingerprint density at radius 2 is 1.82 bits per heavy atom. The van der Waals surface area contributed by atoms with Gasteiger partial charge in [-0.2, -0.15) is 0 Å². The summed E-state index contributed by atoms with van der Waals surface area (Å²) in [5, 5.41) is 23.4. The molecule has 1 amide bonds. The molecule has 1 saturated heterocycles. The average molecular weight is 718 g/mol. The van der Waals surface area contributed by atoms with E-state index < -0.39 is 93.1 Å². The first-order chi connectivity index (χ1) is 23.0. The lowest BCUT2D eigenvalue weighted by molar-refractivity contribution is -0.151. The van der Waals surface area contributed by atoms with Crippen LogP contribution in [0.1, 0.15) is 33.9 Å². The molecule has 3 rings (SSSR count). The van der Waals surface area contributed by atoms with Crippen molar-refractivity contribution in [1.29, 1.82) is 0 Å². The van der Waals surface area contributed by atoms with Gasteiger partial charge in [0.05, 0.1) is 19.8 Å². The standard InChI is InChI=1S/C29H38FN4O14P/c1-16(2)47-24(38)17(3)34(19-9-7-8-10-20(19)35)49(42)46-14-21-23(37)29(4,30)26(48-21)32-12-11-22(36)33(28(32)41)15-45-25(39)18(13-43-5)31-27(40)44-6/h7-12,16-18,21,23,26,37H,13-15H2,1-6H3,(H-,31,35,40)/p+1/t17-,18?,21+,23+,26+,29+/m0/s1. The van der Waals surface area contributed by atoms with Gasteiger partial charge in [-0.3, -0.25) is 9.36 Å². The lowest BCUT2D eigenvalue weighted by Crippen LogP contribution is -2.48. The molecule has 2 unspecified atom stereocenters. The first-order valence-corrected chi connectivity index (χ1v) is 15.9. The van der Waals surface area contributed by atoms with Crippen LogP contribution in [-0.2, 0) is 49.1 Å². The minimum Gasteiger partial charge on any atom is -0.506 e. The minimum absolute atomic E-state index is 0.0398. The Bertz CT molecular complexity index is 1630. The van der Waals surface area contributed by atoms with Gasteiger partial charge in [0.15, 0.2) is 30.7 Å². The normalized spacial score (nSPS) is 21.8. The number of anilines is 1. The molecular weight excluding hydrogens is 678 g/mol. The van der Waals surface area contributed by atoms with Crippen molar-refractivity contribution in [1.82, 2.24) is 14.5 Å². The zero-order valence-corrected chi connectivity index (χ0v) is 28.4. The number of methoxy groups -OCH3 is 2. The Morgan fingerprint density at radius 3 is 2.43 bits per heavy atom.